The van der Waals surface area contributed by atoms with E-state index >= 15 is 0 Å². The predicted octanol–water partition coefficient (Wildman–Crippen LogP) is 1.23. The van der Waals surface area contributed by atoms with Crippen LogP contribution in [0.15, 0.2) is 6.07 Å². The first-order valence-electron chi connectivity index (χ1n) is 6.57. The minimum atomic E-state index is -0.366. The number of aryl methyl sites for hydroxylation is 2. The highest BCUT2D eigenvalue weighted by molar-refractivity contribution is 5.95. The molecular weight excluding hydrogens is 258 g/mol. The van der Waals surface area contributed by atoms with E-state index in [-0.39, 0.29) is 17.8 Å². The molecule has 0 saturated heterocycles. The molecule has 0 aromatic carbocycles. The molecule has 0 spiro atoms. The van der Waals surface area contributed by atoms with Crippen LogP contribution in [0.3, 0.4) is 0 Å². The molecule has 0 aliphatic carbocycles. The lowest BCUT2D eigenvalue weighted by atomic mass is 10.1. The van der Waals surface area contributed by atoms with Crippen LogP contribution < -0.4 is 0 Å². The highest BCUT2D eigenvalue weighted by Gasteiger charge is 2.21. The number of methoxy groups -OCH3 is 1. The molecule has 20 heavy (non-hydrogen) atoms. The van der Waals surface area contributed by atoms with Crippen LogP contribution in [0.1, 0.15) is 35.6 Å². The number of hydrogen-bond donors (Lipinski definition) is 0. The molecule has 1 aromatic heterocycles. The topological polar surface area (TPSA) is 72.4 Å². The number of hydrogen-bond acceptors (Lipinski definition) is 5. The molecule has 1 amide bonds. The summed E-state index contributed by atoms with van der Waals surface area (Å²) in [6.45, 7) is 5.75. The van der Waals surface area contributed by atoms with Crippen molar-refractivity contribution in [2.45, 2.75) is 27.2 Å². The van der Waals surface area contributed by atoms with Crippen molar-refractivity contribution in [2.24, 2.45) is 5.92 Å². The van der Waals surface area contributed by atoms with E-state index in [0.29, 0.717) is 29.9 Å². The Hall–Kier alpha value is -1.98. The van der Waals surface area contributed by atoms with Gasteiger partial charge in [0, 0.05) is 13.6 Å². The second-order valence-corrected chi connectivity index (χ2v) is 4.81. The minimum Gasteiger partial charge on any atom is -0.469 e. The summed E-state index contributed by atoms with van der Waals surface area (Å²) in [4.78, 5) is 25.3. The van der Waals surface area contributed by atoms with Crippen molar-refractivity contribution in [1.82, 2.24) is 15.1 Å². The molecule has 1 heterocycles. The molecule has 110 valence electrons. The molecular formula is C14H21N3O3. The molecule has 0 aliphatic heterocycles. The third-order valence-electron chi connectivity index (χ3n) is 3.06. The molecule has 0 aliphatic rings. The zero-order valence-corrected chi connectivity index (χ0v) is 12.6. The van der Waals surface area contributed by atoms with Crippen molar-refractivity contribution in [2.75, 3.05) is 20.7 Å². The van der Waals surface area contributed by atoms with Crippen LogP contribution in [-0.2, 0) is 16.0 Å². The largest absolute Gasteiger partial charge is 0.469 e. The van der Waals surface area contributed by atoms with E-state index < -0.39 is 0 Å². The number of esters is 1. The molecule has 1 rings (SSSR count). The zero-order valence-electron chi connectivity index (χ0n) is 12.6. The molecule has 0 fully saturated rings. The maximum atomic E-state index is 12.4. The second kappa shape index (κ2) is 6.98. The van der Waals surface area contributed by atoms with E-state index in [1.165, 1.54) is 12.0 Å². The number of rotatable bonds is 5. The third-order valence-corrected chi connectivity index (χ3v) is 3.06. The Labute approximate surface area is 119 Å². The summed E-state index contributed by atoms with van der Waals surface area (Å²) in [6, 6.07) is 1.73. The van der Waals surface area contributed by atoms with Crippen LogP contribution in [0.25, 0.3) is 0 Å². The Balaban J connectivity index is 2.89. The second-order valence-electron chi connectivity index (χ2n) is 4.81. The first kappa shape index (κ1) is 16.1. The van der Waals surface area contributed by atoms with Gasteiger partial charge in [0.25, 0.3) is 5.91 Å². The Morgan fingerprint density at radius 3 is 2.60 bits per heavy atom. The predicted molar refractivity (Wildman–Crippen MR) is 74.3 cm³/mol. The van der Waals surface area contributed by atoms with Gasteiger partial charge in [0.05, 0.1) is 30.0 Å². The summed E-state index contributed by atoms with van der Waals surface area (Å²) in [6.07, 6.45) is 0.634. The van der Waals surface area contributed by atoms with E-state index in [1.807, 2.05) is 6.92 Å². The van der Waals surface area contributed by atoms with Crippen molar-refractivity contribution in [3.8, 4) is 0 Å². The average Bonchev–Trinajstić information content (AvgIpc) is 2.45. The minimum absolute atomic E-state index is 0.157. The molecule has 1 unspecified atom stereocenters. The first-order chi connectivity index (χ1) is 9.40. The molecule has 1 aromatic rings. The van der Waals surface area contributed by atoms with Crippen molar-refractivity contribution >= 4 is 11.9 Å². The number of aromatic nitrogens is 2. The Kier molecular flexibility index (Phi) is 5.61. The highest BCUT2D eigenvalue weighted by Crippen LogP contribution is 2.12. The summed E-state index contributed by atoms with van der Waals surface area (Å²) in [5.41, 5.74) is 1.90. The number of ether oxygens (including phenoxy) is 1. The van der Waals surface area contributed by atoms with E-state index in [1.54, 1.807) is 27.0 Å². The van der Waals surface area contributed by atoms with Gasteiger partial charge in [-0.3, -0.25) is 9.59 Å². The fourth-order valence-corrected chi connectivity index (χ4v) is 1.94. The summed E-state index contributed by atoms with van der Waals surface area (Å²) < 4.78 is 4.66. The molecule has 6 heteroatoms. The SMILES string of the molecule is CCc1nnc(C)cc1C(=O)N(C)CC(C)C(=O)OC. The highest BCUT2D eigenvalue weighted by atomic mass is 16.5. The lowest BCUT2D eigenvalue weighted by molar-refractivity contribution is -0.145. The van der Waals surface area contributed by atoms with Crippen molar-refractivity contribution in [3.63, 3.8) is 0 Å². The van der Waals surface area contributed by atoms with Gasteiger partial charge in [0.2, 0.25) is 0 Å². The van der Waals surface area contributed by atoms with Crippen LogP contribution in [0, 0.1) is 12.8 Å². The fourth-order valence-electron chi connectivity index (χ4n) is 1.94. The Bertz CT molecular complexity index is 502. The van der Waals surface area contributed by atoms with Crippen LogP contribution >= 0.6 is 0 Å². The molecule has 0 saturated carbocycles. The average molecular weight is 279 g/mol. The van der Waals surface area contributed by atoms with Crippen LogP contribution in [-0.4, -0.2) is 47.7 Å². The van der Waals surface area contributed by atoms with Gasteiger partial charge in [-0.1, -0.05) is 13.8 Å². The lowest BCUT2D eigenvalue weighted by Crippen LogP contribution is -2.34. The Morgan fingerprint density at radius 1 is 1.40 bits per heavy atom. The van der Waals surface area contributed by atoms with Gasteiger partial charge < -0.3 is 9.64 Å². The van der Waals surface area contributed by atoms with E-state index in [4.69, 9.17) is 0 Å². The first-order valence-corrected chi connectivity index (χ1v) is 6.57. The van der Waals surface area contributed by atoms with Gasteiger partial charge in [-0.25, -0.2) is 0 Å². The van der Waals surface area contributed by atoms with Gasteiger partial charge >= 0.3 is 5.97 Å². The standard InChI is InChI=1S/C14H21N3O3/c1-6-12-11(7-10(3)15-16-12)13(18)17(4)8-9(2)14(19)20-5/h7,9H,6,8H2,1-5H3. The van der Waals surface area contributed by atoms with Crippen LogP contribution in [0.4, 0.5) is 0 Å². The third kappa shape index (κ3) is 3.76. The van der Waals surface area contributed by atoms with E-state index in [9.17, 15) is 9.59 Å². The van der Waals surface area contributed by atoms with E-state index in [0.717, 1.165) is 0 Å². The quantitative estimate of drug-likeness (QED) is 0.758. The summed E-state index contributed by atoms with van der Waals surface area (Å²) in [5, 5.41) is 8.00. The maximum absolute atomic E-state index is 12.4. The van der Waals surface area contributed by atoms with Gasteiger partial charge in [-0.15, -0.1) is 0 Å². The fraction of sp³-hybridized carbons (Fsp3) is 0.571. The van der Waals surface area contributed by atoms with Crippen LogP contribution in [0.2, 0.25) is 0 Å². The molecule has 0 radical (unpaired) electrons. The monoisotopic (exact) mass is 279 g/mol. The molecule has 1 atom stereocenters. The van der Waals surface area contributed by atoms with Crippen molar-refractivity contribution in [1.29, 1.82) is 0 Å². The van der Waals surface area contributed by atoms with Crippen molar-refractivity contribution < 1.29 is 14.3 Å². The smallest absolute Gasteiger partial charge is 0.310 e. The van der Waals surface area contributed by atoms with Gasteiger partial charge in [-0.05, 0) is 19.4 Å². The van der Waals surface area contributed by atoms with Crippen molar-refractivity contribution in [3.05, 3.63) is 23.0 Å². The summed E-state index contributed by atoms with van der Waals surface area (Å²) in [5.74, 6) is -0.852. The number of carbonyl (C=O) groups is 2. The maximum Gasteiger partial charge on any atom is 0.310 e. The lowest BCUT2D eigenvalue weighted by Gasteiger charge is -2.21. The summed E-state index contributed by atoms with van der Waals surface area (Å²) in [7, 11) is 3.00. The van der Waals surface area contributed by atoms with Gasteiger partial charge in [0.1, 0.15) is 0 Å². The Morgan fingerprint density at radius 2 is 2.05 bits per heavy atom. The number of nitrogens with zero attached hydrogens (tertiary/aromatic N) is 3. The van der Waals surface area contributed by atoms with Crippen LogP contribution in [0.5, 0.6) is 0 Å². The van der Waals surface area contributed by atoms with Gasteiger partial charge in [0.15, 0.2) is 0 Å². The number of amides is 1. The molecule has 6 nitrogen and oxygen atoms in total. The normalized spacial score (nSPS) is 11.8. The number of carbonyl (C=O) groups excluding carboxylic acids is 2. The zero-order chi connectivity index (χ0) is 15.3. The summed E-state index contributed by atoms with van der Waals surface area (Å²) >= 11 is 0. The molecule has 0 bridgehead atoms. The van der Waals surface area contributed by atoms with E-state index in [2.05, 4.69) is 14.9 Å². The molecule has 0 N–H and O–H groups in total. The van der Waals surface area contributed by atoms with Gasteiger partial charge in [-0.2, -0.15) is 10.2 Å².